The second kappa shape index (κ2) is 5.98. The van der Waals surface area contributed by atoms with Crippen LogP contribution in [0.2, 0.25) is 0 Å². The number of hydrogen-bond acceptors (Lipinski definition) is 6. The number of methoxy groups -OCH3 is 1. The van der Waals surface area contributed by atoms with E-state index in [1.54, 1.807) is 31.4 Å². The maximum atomic E-state index is 12.1. The lowest BCUT2D eigenvalue weighted by Crippen LogP contribution is -2.05. The molecule has 0 bridgehead atoms. The van der Waals surface area contributed by atoms with E-state index in [-0.39, 0.29) is 18.4 Å². The zero-order valence-corrected chi connectivity index (χ0v) is 13.7. The topological polar surface area (TPSA) is 66.3 Å². The Balaban J connectivity index is 1.65. The number of aliphatic imine (C=N–C) groups is 1. The van der Waals surface area contributed by atoms with Crippen LogP contribution in [0.1, 0.15) is 16.7 Å². The number of rotatable bonds is 3. The molecule has 2 heterocycles. The van der Waals surface area contributed by atoms with Crippen LogP contribution in [0.15, 0.2) is 47.1 Å². The summed E-state index contributed by atoms with van der Waals surface area (Å²) in [6, 6.07) is 10.9. The number of ether oxygens (including phenoxy) is 4. The summed E-state index contributed by atoms with van der Waals surface area (Å²) >= 11 is 0. The van der Waals surface area contributed by atoms with Crippen molar-refractivity contribution in [3.05, 3.63) is 58.8 Å². The standard InChI is InChI=1S/C19H15NO5/c1-11-7-12(3-5-15(11)22-2)8-14-19(21)25-18(20-14)13-4-6-16-17(9-13)24-10-23-16/h3-9H,10H2,1-2H3/b14-8-. The summed E-state index contributed by atoms with van der Waals surface area (Å²) in [4.78, 5) is 16.4. The van der Waals surface area contributed by atoms with Gasteiger partial charge in [-0.2, -0.15) is 0 Å². The number of hydrogen-bond donors (Lipinski definition) is 0. The fourth-order valence-electron chi connectivity index (χ4n) is 2.71. The first-order valence-corrected chi connectivity index (χ1v) is 7.71. The molecule has 2 aromatic rings. The van der Waals surface area contributed by atoms with Gasteiger partial charge in [0.2, 0.25) is 12.7 Å². The summed E-state index contributed by atoms with van der Waals surface area (Å²) in [7, 11) is 1.62. The fourth-order valence-corrected chi connectivity index (χ4v) is 2.71. The van der Waals surface area contributed by atoms with Crippen LogP contribution in [0.3, 0.4) is 0 Å². The van der Waals surface area contributed by atoms with Gasteiger partial charge in [-0.3, -0.25) is 0 Å². The SMILES string of the molecule is COc1ccc(/C=C2\N=C(c3ccc4c(c3)OCO4)OC2=O)cc1C. The van der Waals surface area contributed by atoms with E-state index in [2.05, 4.69) is 4.99 Å². The molecule has 0 fully saturated rings. The predicted molar refractivity (Wildman–Crippen MR) is 90.9 cm³/mol. The highest BCUT2D eigenvalue weighted by Crippen LogP contribution is 2.33. The molecule has 2 aromatic carbocycles. The molecule has 2 aliphatic rings. The van der Waals surface area contributed by atoms with Gasteiger partial charge in [0.25, 0.3) is 0 Å². The van der Waals surface area contributed by atoms with Gasteiger partial charge >= 0.3 is 5.97 Å². The van der Waals surface area contributed by atoms with Crippen LogP contribution < -0.4 is 14.2 Å². The molecule has 4 rings (SSSR count). The average molecular weight is 337 g/mol. The van der Waals surface area contributed by atoms with Gasteiger partial charge < -0.3 is 18.9 Å². The van der Waals surface area contributed by atoms with E-state index in [1.807, 2.05) is 25.1 Å². The Kier molecular flexibility index (Phi) is 3.65. The lowest BCUT2D eigenvalue weighted by atomic mass is 10.1. The molecule has 0 saturated carbocycles. The molecule has 0 radical (unpaired) electrons. The molecule has 0 atom stereocenters. The average Bonchev–Trinajstić information content (AvgIpc) is 3.21. The van der Waals surface area contributed by atoms with Gasteiger partial charge in [-0.05, 0) is 54.5 Å². The lowest BCUT2D eigenvalue weighted by Gasteiger charge is -2.04. The molecule has 25 heavy (non-hydrogen) atoms. The third-order valence-electron chi connectivity index (χ3n) is 3.96. The van der Waals surface area contributed by atoms with Crippen LogP contribution >= 0.6 is 0 Å². The van der Waals surface area contributed by atoms with Crippen LogP contribution in [0.4, 0.5) is 0 Å². The molecule has 0 spiro atoms. The zero-order valence-electron chi connectivity index (χ0n) is 13.7. The van der Waals surface area contributed by atoms with Crippen molar-refractivity contribution < 1.29 is 23.7 Å². The number of carbonyl (C=O) groups excluding carboxylic acids is 1. The number of benzene rings is 2. The maximum absolute atomic E-state index is 12.1. The number of cyclic esters (lactones) is 1. The number of fused-ring (bicyclic) bond motifs is 1. The maximum Gasteiger partial charge on any atom is 0.363 e. The number of esters is 1. The van der Waals surface area contributed by atoms with Gasteiger partial charge in [0.15, 0.2) is 17.2 Å². The molecular formula is C19H15NO5. The van der Waals surface area contributed by atoms with Crippen molar-refractivity contribution in [2.24, 2.45) is 4.99 Å². The Morgan fingerprint density at radius 2 is 1.96 bits per heavy atom. The van der Waals surface area contributed by atoms with Crippen molar-refractivity contribution in [2.75, 3.05) is 13.9 Å². The van der Waals surface area contributed by atoms with E-state index >= 15 is 0 Å². The summed E-state index contributed by atoms with van der Waals surface area (Å²) < 4.78 is 21.1. The summed E-state index contributed by atoms with van der Waals surface area (Å²) in [5.74, 6) is 1.83. The van der Waals surface area contributed by atoms with Crippen molar-refractivity contribution in [3.8, 4) is 17.2 Å². The van der Waals surface area contributed by atoms with E-state index in [1.165, 1.54) is 0 Å². The number of carbonyl (C=O) groups is 1. The molecule has 6 heteroatoms. The third-order valence-corrected chi connectivity index (χ3v) is 3.96. The van der Waals surface area contributed by atoms with E-state index in [4.69, 9.17) is 18.9 Å². The second-order valence-corrected chi connectivity index (χ2v) is 5.63. The van der Waals surface area contributed by atoms with Gasteiger partial charge in [0.1, 0.15) is 5.75 Å². The number of nitrogens with zero attached hydrogens (tertiary/aromatic N) is 1. The van der Waals surface area contributed by atoms with Crippen LogP contribution in [0.5, 0.6) is 17.2 Å². The fraction of sp³-hybridized carbons (Fsp3) is 0.158. The molecule has 0 unspecified atom stereocenters. The van der Waals surface area contributed by atoms with E-state index < -0.39 is 5.97 Å². The molecule has 6 nitrogen and oxygen atoms in total. The highest BCUT2D eigenvalue weighted by Gasteiger charge is 2.25. The van der Waals surface area contributed by atoms with Gasteiger partial charge in [-0.25, -0.2) is 9.79 Å². The Bertz CT molecular complexity index is 929. The van der Waals surface area contributed by atoms with Gasteiger partial charge in [-0.1, -0.05) is 6.07 Å². The summed E-state index contributed by atoms with van der Waals surface area (Å²) in [5, 5.41) is 0. The highest BCUT2D eigenvalue weighted by molar-refractivity contribution is 6.13. The van der Waals surface area contributed by atoms with Crippen LogP contribution in [-0.4, -0.2) is 25.8 Å². The predicted octanol–water partition coefficient (Wildman–Crippen LogP) is 3.08. The number of aryl methyl sites for hydroxylation is 1. The highest BCUT2D eigenvalue weighted by atomic mass is 16.7. The molecule has 0 saturated heterocycles. The largest absolute Gasteiger partial charge is 0.496 e. The van der Waals surface area contributed by atoms with Gasteiger partial charge in [-0.15, -0.1) is 0 Å². The zero-order chi connectivity index (χ0) is 17.4. The minimum absolute atomic E-state index is 0.188. The van der Waals surface area contributed by atoms with Crippen molar-refractivity contribution in [1.82, 2.24) is 0 Å². The van der Waals surface area contributed by atoms with Crippen LogP contribution in [0.25, 0.3) is 6.08 Å². The smallest absolute Gasteiger partial charge is 0.363 e. The molecule has 126 valence electrons. The van der Waals surface area contributed by atoms with E-state index in [0.29, 0.717) is 17.1 Å². The first kappa shape index (κ1) is 15.3. The third kappa shape index (κ3) is 2.82. The van der Waals surface area contributed by atoms with Crippen molar-refractivity contribution in [3.63, 3.8) is 0 Å². The second-order valence-electron chi connectivity index (χ2n) is 5.63. The summed E-state index contributed by atoms with van der Waals surface area (Å²) in [5.41, 5.74) is 2.73. The van der Waals surface area contributed by atoms with Crippen LogP contribution in [-0.2, 0) is 9.53 Å². The molecule has 2 aliphatic heterocycles. The Hall–Kier alpha value is -3.28. The molecule has 0 N–H and O–H groups in total. The lowest BCUT2D eigenvalue weighted by molar-refractivity contribution is -0.129. The Labute approximate surface area is 144 Å². The minimum Gasteiger partial charge on any atom is -0.496 e. The normalized spacial score (nSPS) is 16.8. The first-order chi connectivity index (χ1) is 12.1. The van der Waals surface area contributed by atoms with Crippen LogP contribution in [0, 0.1) is 6.92 Å². The Morgan fingerprint density at radius 1 is 1.12 bits per heavy atom. The minimum atomic E-state index is -0.485. The first-order valence-electron chi connectivity index (χ1n) is 7.71. The quantitative estimate of drug-likeness (QED) is 0.636. The van der Waals surface area contributed by atoms with E-state index in [9.17, 15) is 4.79 Å². The summed E-state index contributed by atoms with van der Waals surface area (Å²) in [6.45, 7) is 2.13. The van der Waals surface area contributed by atoms with Gasteiger partial charge in [0.05, 0.1) is 7.11 Å². The molecule has 0 aromatic heterocycles. The van der Waals surface area contributed by atoms with E-state index in [0.717, 1.165) is 16.9 Å². The monoisotopic (exact) mass is 337 g/mol. The van der Waals surface area contributed by atoms with Crippen molar-refractivity contribution in [2.45, 2.75) is 6.92 Å². The van der Waals surface area contributed by atoms with Crippen molar-refractivity contribution >= 4 is 17.9 Å². The Morgan fingerprint density at radius 3 is 2.76 bits per heavy atom. The molecule has 0 aliphatic carbocycles. The summed E-state index contributed by atoms with van der Waals surface area (Å²) in [6.07, 6.45) is 1.69. The molecule has 0 amide bonds. The van der Waals surface area contributed by atoms with Crippen molar-refractivity contribution in [1.29, 1.82) is 0 Å². The molecular weight excluding hydrogens is 322 g/mol. The van der Waals surface area contributed by atoms with Gasteiger partial charge in [0, 0.05) is 5.56 Å².